The van der Waals surface area contributed by atoms with Crippen molar-refractivity contribution < 1.29 is 9.90 Å². The first-order valence-corrected chi connectivity index (χ1v) is 8.16. The maximum Gasteiger partial charge on any atom is 0.337 e. The Labute approximate surface area is 126 Å². The Morgan fingerprint density at radius 3 is 2.71 bits per heavy atom. The van der Waals surface area contributed by atoms with Crippen LogP contribution in [0.5, 0.6) is 0 Å². The molecule has 2 fully saturated rings. The summed E-state index contributed by atoms with van der Waals surface area (Å²) in [5.41, 5.74) is 1.23. The van der Waals surface area contributed by atoms with Gasteiger partial charge in [0.15, 0.2) is 0 Å². The van der Waals surface area contributed by atoms with Crippen LogP contribution in [0.1, 0.15) is 60.5 Å². The quantitative estimate of drug-likeness (QED) is 0.894. The van der Waals surface area contributed by atoms with Crippen molar-refractivity contribution in [3.8, 4) is 0 Å². The largest absolute Gasteiger partial charge is 0.478 e. The van der Waals surface area contributed by atoms with Gasteiger partial charge in [0.25, 0.3) is 0 Å². The third-order valence-corrected chi connectivity index (χ3v) is 5.15. The zero-order chi connectivity index (χ0) is 14.7. The minimum atomic E-state index is -0.843. The van der Waals surface area contributed by atoms with E-state index in [0.717, 1.165) is 25.2 Å². The summed E-state index contributed by atoms with van der Waals surface area (Å²) in [7, 11) is 0. The van der Waals surface area contributed by atoms with E-state index in [-0.39, 0.29) is 0 Å². The molecule has 0 aromatic carbocycles. The highest BCUT2D eigenvalue weighted by molar-refractivity contribution is 5.89. The van der Waals surface area contributed by atoms with Crippen molar-refractivity contribution in [1.82, 2.24) is 10.3 Å². The molecule has 1 saturated carbocycles. The zero-order valence-electron chi connectivity index (χ0n) is 12.4. The molecule has 2 N–H and O–H groups in total. The number of nitrogens with one attached hydrogen (secondary N) is 1. The number of hydrogen-bond acceptors (Lipinski definition) is 3. The minimum Gasteiger partial charge on any atom is -0.478 e. The molecular formula is C17H24N2O2. The zero-order valence-corrected chi connectivity index (χ0v) is 12.4. The van der Waals surface area contributed by atoms with Gasteiger partial charge in [-0.2, -0.15) is 0 Å². The summed E-state index contributed by atoms with van der Waals surface area (Å²) in [6.07, 6.45) is 9.19. The van der Waals surface area contributed by atoms with Gasteiger partial charge in [0.05, 0.1) is 11.3 Å². The topological polar surface area (TPSA) is 62.2 Å². The standard InChI is InChI=1S/C17H24N2O2/c20-17(21)14-7-4-9-19-16(14)15(13-8-10-18-11-13)12-5-2-1-3-6-12/h4,7,9,12-13,15,18H,1-3,5-6,8,10-11H2,(H,20,21). The first-order valence-electron chi connectivity index (χ1n) is 8.16. The number of carboxylic acid groups (broad SMARTS) is 1. The molecular weight excluding hydrogens is 264 g/mol. The van der Waals surface area contributed by atoms with Gasteiger partial charge >= 0.3 is 5.97 Å². The van der Waals surface area contributed by atoms with E-state index in [1.807, 2.05) is 0 Å². The third kappa shape index (κ3) is 3.10. The van der Waals surface area contributed by atoms with Crippen LogP contribution in [0.25, 0.3) is 0 Å². The molecule has 4 nitrogen and oxygen atoms in total. The molecule has 114 valence electrons. The minimum absolute atomic E-state index is 0.299. The predicted molar refractivity (Wildman–Crippen MR) is 81.5 cm³/mol. The average Bonchev–Trinajstić information content (AvgIpc) is 3.03. The summed E-state index contributed by atoms with van der Waals surface area (Å²) in [5.74, 6) is 0.579. The Morgan fingerprint density at radius 1 is 1.24 bits per heavy atom. The summed E-state index contributed by atoms with van der Waals surface area (Å²) in [4.78, 5) is 16.1. The van der Waals surface area contributed by atoms with Crippen molar-refractivity contribution in [2.75, 3.05) is 13.1 Å². The van der Waals surface area contributed by atoms with Gasteiger partial charge in [0, 0.05) is 12.1 Å². The van der Waals surface area contributed by atoms with Crippen LogP contribution >= 0.6 is 0 Å². The molecule has 21 heavy (non-hydrogen) atoms. The molecule has 1 aromatic rings. The summed E-state index contributed by atoms with van der Waals surface area (Å²) >= 11 is 0. The summed E-state index contributed by atoms with van der Waals surface area (Å²) in [6.45, 7) is 2.04. The molecule has 1 aromatic heterocycles. The highest BCUT2D eigenvalue weighted by Crippen LogP contribution is 2.42. The molecule has 1 aliphatic heterocycles. The molecule has 0 spiro atoms. The molecule has 0 radical (unpaired) electrons. The van der Waals surface area contributed by atoms with Gasteiger partial charge in [-0.3, -0.25) is 4.98 Å². The second kappa shape index (κ2) is 6.56. The monoisotopic (exact) mass is 288 g/mol. The lowest BCUT2D eigenvalue weighted by molar-refractivity contribution is 0.0692. The van der Waals surface area contributed by atoms with E-state index in [4.69, 9.17) is 0 Å². The van der Waals surface area contributed by atoms with Gasteiger partial charge in [0.1, 0.15) is 0 Å². The van der Waals surface area contributed by atoms with E-state index in [1.54, 1.807) is 18.3 Å². The summed E-state index contributed by atoms with van der Waals surface area (Å²) in [6, 6.07) is 3.45. The number of aromatic carboxylic acids is 1. The Bertz CT molecular complexity index is 491. The molecule has 1 saturated heterocycles. The van der Waals surface area contributed by atoms with Gasteiger partial charge in [-0.1, -0.05) is 19.3 Å². The molecule has 2 aliphatic rings. The van der Waals surface area contributed by atoms with Gasteiger partial charge < -0.3 is 10.4 Å². The van der Waals surface area contributed by atoms with E-state index in [1.165, 1.54) is 32.1 Å². The van der Waals surface area contributed by atoms with Crippen LogP contribution in [0.2, 0.25) is 0 Å². The number of aromatic nitrogens is 1. The third-order valence-electron chi connectivity index (χ3n) is 5.15. The number of carboxylic acids is 1. The van der Waals surface area contributed by atoms with Crippen LogP contribution in [0.4, 0.5) is 0 Å². The van der Waals surface area contributed by atoms with E-state index >= 15 is 0 Å². The van der Waals surface area contributed by atoms with Gasteiger partial charge in [-0.05, 0) is 56.3 Å². The molecule has 2 atom stereocenters. The van der Waals surface area contributed by atoms with Gasteiger partial charge in [-0.25, -0.2) is 4.79 Å². The van der Waals surface area contributed by atoms with Gasteiger partial charge in [0.2, 0.25) is 0 Å². The maximum atomic E-state index is 11.6. The van der Waals surface area contributed by atoms with E-state index in [0.29, 0.717) is 23.3 Å². The summed E-state index contributed by atoms with van der Waals surface area (Å²) < 4.78 is 0. The molecule has 4 heteroatoms. The number of nitrogens with zero attached hydrogens (tertiary/aromatic N) is 1. The van der Waals surface area contributed by atoms with Crippen LogP contribution < -0.4 is 5.32 Å². The fourth-order valence-corrected chi connectivity index (χ4v) is 4.17. The molecule has 3 rings (SSSR count). The van der Waals surface area contributed by atoms with Crippen LogP contribution in [0, 0.1) is 11.8 Å². The van der Waals surface area contributed by atoms with E-state index in [2.05, 4.69) is 10.3 Å². The normalized spacial score (nSPS) is 24.9. The fraction of sp³-hybridized carbons (Fsp3) is 0.647. The van der Waals surface area contributed by atoms with Crippen LogP contribution in [-0.4, -0.2) is 29.1 Å². The van der Waals surface area contributed by atoms with Crippen molar-refractivity contribution in [1.29, 1.82) is 0 Å². The predicted octanol–water partition coefficient (Wildman–Crippen LogP) is 3.05. The number of pyridine rings is 1. The number of rotatable bonds is 4. The van der Waals surface area contributed by atoms with Crippen LogP contribution in [0.3, 0.4) is 0 Å². The van der Waals surface area contributed by atoms with E-state index in [9.17, 15) is 9.90 Å². The second-order valence-electron chi connectivity index (χ2n) is 6.42. The SMILES string of the molecule is O=C(O)c1cccnc1C(C1CCCCC1)C1CCNC1. The lowest BCUT2D eigenvalue weighted by atomic mass is 9.71. The Balaban J connectivity index is 1.96. The number of hydrogen-bond donors (Lipinski definition) is 2. The van der Waals surface area contributed by atoms with Crippen molar-refractivity contribution in [3.05, 3.63) is 29.6 Å². The Morgan fingerprint density at radius 2 is 2.05 bits per heavy atom. The first kappa shape index (κ1) is 14.5. The lowest BCUT2D eigenvalue weighted by Gasteiger charge is -2.34. The van der Waals surface area contributed by atoms with Crippen molar-refractivity contribution >= 4 is 5.97 Å². The highest BCUT2D eigenvalue weighted by atomic mass is 16.4. The van der Waals surface area contributed by atoms with Crippen LogP contribution in [-0.2, 0) is 0 Å². The molecule has 1 aliphatic carbocycles. The fourth-order valence-electron chi connectivity index (χ4n) is 4.17. The van der Waals surface area contributed by atoms with E-state index < -0.39 is 5.97 Å². The molecule has 0 amide bonds. The molecule has 2 heterocycles. The number of carbonyl (C=O) groups is 1. The van der Waals surface area contributed by atoms with Crippen molar-refractivity contribution in [2.45, 2.75) is 44.4 Å². The van der Waals surface area contributed by atoms with Crippen LogP contribution in [0.15, 0.2) is 18.3 Å². The Kier molecular flexibility index (Phi) is 4.54. The van der Waals surface area contributed by atoms with Crippen molar-refractivity contribution in [3.63, 3.8) is 0 Å². The molecule has 2 unspecified atom stereocenters. The lowest BCUT2D eigenvalue weighted by Crippen LogP contribution is -2.28. The smallest absolute Gasteiger partial charge is 0.337 e. The maximum absolute atomic E-state index is 11.6. The first-order chi connectivity index (χ1) is 10.3. The summed E-state index contributed by atoms with van der Waals surface area (Å²) in [5, 5.41) is 12.9. The Hall–Kier alpha value is -1.42. The second-order valence-corrected chi connectivity index (χ2v) is 6.42. The average molecular weight is 288 g/mol. The van der Waals surface area contributed by atoms with Gasteiger partial charge in [-0.15, -0.1) is 0 Å². The highest BCUT2D eigenvalue weighted by Gasteiger charge is 2.36. The molecule has 0 bridgehead atoms. The van der Waals surface area contributed by atoms with Crippen molar-refractivity contribution in [2.24, 2.45) is 11.8 Å².